The monoisotopic (exact) mass is 247 g/mol. The minimum atomic E-state index is -0.861. The molecule has 2 rings (SSSR count). The van der Waals surface area contributed by atoms with Crippen LogP contribution in [0.15, 0.2) is 19.0 Å². The van der Waals surface area contributed by atoms with Gasteiger partial charge in [-0.2, -0.15) is 0 Å². The number of carbonyl (C=O) groups is 1. The number of aromatic nitrogens is 2. The van der Waals surface area contributed by atoms with Crippen molar-refractivity contribution in [3.05, 3.63) is 30.2 Å². The van der Waals surface area contributed by atoms with E-state index in [1.807, 2.05) is 0 Å². The predicted molar refractivity (Wildman–Crippen MR) is 68.7 cm³/mol. The largest absolute Gasteiger partial charge is 0.480 e. The zero-order valence-electron chi connectivity index (χ0n) is 10.3. The number of carboxylic acids is 1. The molecule has 1 N–H and O–H groups in total. The summed E-state index contributed by atoms with van der Waals surface area (Å²) in [4.78, 5) is 21.2. The van der Waals surface area contributed by atoms with Gasteiger partial charge in [0, 0.05) is 17.8 Å². The lowest BCUT2D eigenvalue weighted by Gasteiger charge is -2.25. The number of aliphatic carboxylic acids is 1. The molecule has 5 nitrogen and oxygen atoms in total. The van der Waals surface area contributed by atoms with E-state index >= 15 is 0 Å². The summed E-state index contributed by atoms with van der Waals surface area (Å²) >= 11 is 0. The molecular weight excluding hydrogens is 230 g/mol. The summed E-state index contributed by atoms with van der Waals surface area (Å²) in [7, 11) is 0. The maximum Gasteiger partial charge on any atom is 0.323 e. The number of aryl methyl sites for hydroxylation is 1. The van der Waals surface area contributed by atoms with E-state index < -0.39 is 5.97 Å². The molecule has 1 aliphatic rings. The van der Waals surface area contributed by atoms with E-state index in [-0.39, 0.29) is 6.54 Å². The molecule has 0 fully saturated rings. The first-order valence-corrected chi connectivity index (χ1v) is 6.12. The van der Waals surface area contributed by atoms with Crippen LogP contribution < -0.4 is 4.90 Å². The fraction of sp³-hybridized carbons (Fsp3) is 0.462. The molecule has 1 aromatic rings. The van der Waals surface area contributed by atoms with E-state index in [1.54, 1.807) is 11.0 Å². The smallest absolute Gasteiger partial charge is 0.323 e. The van der Waals surface area contributed by atoms with Crippen molar-refractivity contribution >= 4 is 11.8 Å². The Labute approximate surface area is 106 Å². The van der Waals surface area contributed by atoms with Gasteiger partial charge < -0.3 is 10.0 Å². The van der Waals surface area contributed by atoms with Gasteiger partial charge >= 0.3 is 5.97 Å². The van der Waals surface area contributed by atoms with Crippen LogP contribution in [0, 0.1) is 0 Å². The molecule has 1 heterocycles. The van der Waals surface area contributed by atoms with Crippen LogP contribution in [-0.4, -0.2) is 34.1 Å². The molecule has 1 aromatic heterocycles. The van der Waals surface area contributed by atoms with Crippen LogP contribution >= 0.6 is 0 Å². The number of rotatable bonds is 5. The second-order valence-corrected chi connectivity index (χ2v) is 4.39. The fourth-order valence-corrected chi connectivity index (χ4v) is 2.32. The number of carboxylic acid groups (broad SMARTS) is 1. The van der Waals surface area contributed by atoms with Gasteiger partial charge in [0.2, 0.25) is 0 Å². The highest BCUT2D eigenvalue weighted by molar-refractivity contribution is 5.73. The molecule has 0 spiro atoms. The van der Waals surface area contributed by atoms with Gasteiger partial charge in [-0.15, -0.1) is 6.58 Å². The average molecular weight is 247 g/mol. The first-order chi connectivity index (χ1) is 8.72. The Morgan fingerprint density at radius 3 is 2.94 bits per heavy atom. The molecule has 0 atom stereocenters. The summed E-state index contributed by atoms with van der Waals surface area (Å²) in [5, 5.41) is 8.96. The lowest BCUT2D eigenvalue weighted by Crippen LogP contribution is -2.32. The van der Waals surface area contributed by atoms with Crippen LogP contribution in [0.3, 0.4) is 0 Å². The molecule has 0 saturated carbocycles. The molecule has 0 saturated heterocycles. The van der Waals surface area contributed by atoms with Crippen LogP contribution in [0.5, 0.6) is 0 Å². The first kappa shape index (κ1) is 12.5. The number of nitrogens with zero attached hydrogens (tertiary/aromatic N) is 3. The van der Waals surface area contributed by atoms with Crippen molar-refractivity contribution in [3.63, 3.8) is 0 Å². The number of hydrogen-bond donors (Lipinski definition) is 1. The van der Waals surface area contributed by atoms with Crippen molar-refractivity contribution in [2.24, 2.45) is 0 Å². The van der Waals surface area contributed by atoms with Gasteiger partial charge in [0.15, 0.2) is 0 Å². The van der Waals surface area contributed by atoms with Crippen LogP contribution in [0.4, 0.5) is 5.82 Å². The molecule has 0 aromatic carbocycles. The average Bonchev–Trinajstić information content (AvgIpc) is 2.37. The molecule has 5 heteroatoms. The van der Waals surface area contributed by atoms with Gasteiger partial charge in [0.25, 0.3) is 0 Å². The highest BCUT2D eigenvalue weighted by atomic mass is 16.4. The first-order valence-electron chi connectivity index (χ1n) is 6.12. The fourth-order valence-electron chi connectivity index (χ4n) is 2.32. The van der Waals surface area contributed by atoms with Crippen molar-refractivity contribution in [2.45, 2.75) is 25.7 Å². The Kier molecular flexibility index (Phi) is 3.92. The Bertz CT molecular complexity index is 460. The zero-order chi connectivity index (χ0) is 13.0. The molecule has 0 aliphatic heterocycles. The van der Waals surface area contributed by atoms with Crippen LogP contribution in [0.25, 0.3) is 0 Å². The third-order valence-electron chi connectivity index (χ3n) is 3.08. The molecule has 96 valence electrons. The van der Waals surface area contributed by atoms with Crippen molar-refractivity contribution in [1.29, 1.82) is 0 Å². The maximum absolute atomic E-state index is 10.9. The predicted octanol–water partition coefficient (Wildman–Crippen LogP) is 1.43. The van der Waals surface area contributed by atoms with Gasteiger partial charge in [-0.3, -0.25) is 4.79 Å². The Morgan fingerprint density at radius 1 is 1.44 bits per heavy atom. The number of anilines is 1. The molecule has 0 unspecified atom stereocenters. The lowest BCUT2D eigenvalue weighted by molar-refractivity contribution is -0.135. The van der Waals surface area contributed by atoms with Gasteiger partial charge in [-0.25, -0.2) is 9.97 Å². The quantitative estimate of drug-likeness (QED) is 0.797. The van der Waals surface area contributed by atoms with E-state index in [4.69, 9.17) is 5.11 Å². The normalized spacial score (nSPS) is 13.8. The number of hydrogen-bond acceptors (Lipinski definition) is 4. The molecule has 0 bridgehead atoms. The van der Waals surface area contributed by atoms with Crippen LogP contribution in [-0.2, 0) is 17.6 Å². The van der Waals surface area contributed by atoms with Gasteiger partial charge in [0.1, 0.15) is 18.7 Å². The van der Waals surface area contributed by atoms with Crippen molar-refractivity contribution in [3.8, 4) is 0 Å². The van der Waals surface area contributed by atoms with E-state index in [9.17, 15) is 4.79 Å². The van der Waals surface area contributed by atoms with Gasteiger partial charge in [-0.05, 0) is 25.7 Å². The summed E-state index contributed by atoms with van der Waals surface area (Å²) in [5.41, 5.74) is 2.16. The Morgan fingerprint density at radius 2 is 2.22 bits per heavy atom. The van der Waals surface area contributed by atoms with Crippen molar-refractivity contribution in [1.82, 2.24) is 9.97 Å². The van der Waals surface area contributed by atoms with E-state index in [1.165, 1.54) is 6.33 Å². The van der Waals surface area contributed by atoms with Crippen LogP contribution in [0.1, 0.15) is 24.1 Å². The summed E-state index contributed by atoms with van der Waals surface area (Å²) in [6, 6.07) is 0. The summed E-state index contributed by atoms with van der Waals surface area (Å²) in [6.07, 6.45) is 7.36. The van der Waals surface area contributed by atoms with E-state index in [2.05, 4.69) is 16.5 Å². The third kappa shape index (κ3) is 2.67. The third-order valence-corrected chi connectivity index (χ3v) is 3.08. The number of fused-ring (bicyclic) bond motifs is 1. The Balaban J connectivity index is 2.34. The standard InChI is InChI=1S/C13H17N3O2/c1-2-7-16(8-12(17)18)13-10-5-3-4-6-11(10)14-9-15-13/h2,9H,1,3-8H2,(H,17,18). The topological polar surface area (TPSA) is 66.3 Å². The highest BCUT2D eigenvalue weighted by Gasteiger charge is 2.20. The molecule has 18 heavy (non-hydrogen) atoms. The van der Waals surface area contributed by atoms with Crippen molar-refractivity contribution in [2.75, 3.05) is 18.0 Å². The SMILES string of the molecule is C=CCN(CC(=O)O)c1ncnc2c1CCCC2. The zero-order valence-corrected chi connectivity index (χ0v) is 10.3. The van der Waals surface area contributed by atoms with Crippen LogP contribution in [0.2, 0.25) is 0 Å². The highest BCUT2D eigenvalue weighted by Crippen LogP contribution is 2.26. The van der Waals surface area contributed by atoms with Gasteiger partial charge in [-0.1, -0.05) is 6.08 Å². The van der Waals surface area contributed by atoms with E-state index in [0.717, 1.165) is 42.8 Å². The molecular formula is C13H17N3O2. The summed E-state index contributed by atoms with van der Waals surface area (Å²) < 4.78 is 0. The second kappa shape index (κ2) is 5.62. The Hall–Kier alpha value is -1.91. The van der Waals surface area contributed by atoms with E-state index in [0.29, 0.717) is 6.54 Å². The molecule has 1 aliphatic carbocycles. The lowest BCUT2D eigenvalue weighted by atomic mass is 9.96. The van der Waals surface area contributed by atoms with Gasteiger partial charge in [0.05, 0.1) is 0 Å². The molecule has 0 radical (unpaired) electrons. The maximum atomic E-state index is 10.9. The minimum Gasteiger partial charge on any atom is -0.480 e. The second-order valence-electron chi connectivity index (χ2n) is 4.39. The minimum absolute atomic E-state index is 0.0600. The van der Waals surface area contributed by atoms with Crippen molar-refractivity contribution < 1.29 is 9.90 Å². The summed E-state index contributed by atoms with van der Waals surface area (Å²) in [6.45, 7) is 4.09. The summed E-state index contributed by atoms with van der Waals surface area (Å²) in [5.74, 6) is -0.109. The molecule has 0 amide bonds.